The van der Waals surface area contributed by atoms with Gasteiger partial charge in [0.2, 0.25) is 11.9 Å². The molecule has 7 heteroatoms. The van der Waals surface area contributed by atoms with E-state index in [-0.39, 0.29) is 24.3 Å². The second-order valence-electron chi connectivity index (χ2n) is 4.37. The average Bonchev–Trinajstić information content (AvgIpc) is 2.24. The van der Waals surface area contributed by atoms with Crippen LogP contribution < -0.4 is 11.5 Å². The van der Waals surface area contributed by atoms with Crippen LogP contribution in [0.3, 0.4) is 0 Å². The highest BCUT2D eigenvalue weighted by molar-refractivity contribution is 5.95. The minimum atomic E-state index is -0.634. The molecule has 0 unspecified atom stereocenters. The van der Waals surface area contributed by atoms with Gasteiger partial charge in [0.05, 0.1) is 6.61 Å². The zero-order chi connectivity index (χ0) is 13.6. The maximum Gasteiger partial charge on any atom is 0.226 e. The Bertz CT molecular complexity index is 408. The van der Waals surface area contributed by atoms with E-state index in [2.05, 4.69) is 21.8 Å². The summed E-state index contributed by atoms with van der Waals surface area (Å²) in [6, 6.07) is 0. The van der Waals surface area contributed by atoms with E-state index in [1.807, 2.05) is 20.8 Å². The summed E-state index contributed by atoms with van der Waals surface area (Å²) in [5, 5.41) is 1.48. The van der Waals surface area contributed by atoms with Crippen LogP contribution in [0.5, 0.6) is 0 Å². The summed E-state index contributed by atoms with van der Waals surface area (Å²) in [4.78, 5) is 13.6. The molecule has 0 spiro atoms. The average molecular weight is 288 g/mol. The molecule has 1 rings (SSSR count). The van der Waals surface area contributed by atoms with Gasteiger partial charge in [0, 0.05) is 12.8 Å². The van der Waals surface area contributed by atoms with E-state index in [9.17, 15) is 0 Å². The number of unbranched alkanes of at least 4 members (excludes halogenated alkanes) is 1. The summed E-state index contributed by atoms with van der Waals surface area (Å²) in [6.45, 7) is 6.27. The zero-order valence-electron chi connectivity index (χ0n) is 11.6. The van der Waals surface area contributed by atoms with Gasteiger partial charge in [0.25, 0.3) is 0 Å². The van der Waals surface area contributed by atoms with Crippen LogP contribution in [0.25, 0.3) is 0 Å². The second-order valence-corrected chi connectivity index (χ2v) is 4.37. The Balaban J connectivity index is 0.00000324. The summed E-state index contributed by atoms with van der Waals surface area (Å²) >= 11 is 0. The lowest BCUT2D eigenvalue weighted by Crippen LogP contribution is -2.53. The predicted octanol–water partition coefficient (Wildman–Crippen LogP) is 1.21. The first-order chi connectivity index (χ1) is 8.47. The van der Waals surface area contributed by atoms with Crippen LogP contribution >= 0.6 is 12.4 Å². The van der Waals surface area contributed by atoms with E-state index in [1.165, 1.54) is 5.06 Å². The summed E-state index contributed by atoms with van der Waals surface area (Å²) in [5.41, 5.74) is 10.7. The maximum absolute atomic E-state index is 5.77. The molecular weight excluding hydrogens is 266 g/mol. The number of hydrogen-bond donors (Lipinski definition) is 2. The SMILES string of the molecule is CCC#CCCCON1C(N)=NC(N)=NC1(C)C.Cl. The van der Waals surface area contributed by atoms with Crippen LogP contribution in [0.1, 0.15) is 40.0 Å². The van der Waals surface area contributed by atoms with Crippen molar-refractivity contribution in [2.24, 2.45) is 21.5 Å². The fourth-order valence-electron chi connectivity index (χ4n) is 1.55. The third kappa shape index (κ3) is 5.37. The van der Waals surface area contributed by atoms with E-state index in [1.54, 1.807) is 0 Å². The minimum Gasteiger partial charge on any atom is -0.368 e. The van der Waals surface area contributed by atoms with E-state index in [4.69, 9.17) is 16.3 Å². The Kier molecular flexibility index (Phi) is 7.27. The molecule has 0 atom stereocenters. The van der Waals surface area contributed by atoms with Crippen LogP contribution in [-0.2, 0) is 4.84 Å². The number of nitrogens with zero attached hydrogens (tertiary/aromatic N) is 3. The fraction of sp³-hybridized carbons (Fsp3) is 0.667. The Morgan fingerprint density at radius 3 is 2.58 bits per heavy atom. The van der Waals surface area contributed by atoms with E-state index < -0.39 is 5.66 Å². The summed E-state index contributed by atoms with van der Waals surface area (Å²) < 4.78 is 0. The first-order valence-electron chi connectivity index (χ1n) is 6.05. The molecule has 108 valence electrons. The highest BCUT2D eigenvalue weighted by Gasteiger charge is 2.32. The van der Waals surface area contributed by atoms with Gasteiger partial charge < -0.3 is 11.5 Å². The third-order valence-electron chi connectivity index (χ3n) is 2.29. The number of hydrogen-bond acceptors (Lipinski definition) is 6. The number of nitrogens with two attached hydrogens (primary N) is 2. The molecule has 0 radical (unpaired) electrons. The van der Waals surface area contributed by atoms with Gasteiger partial charge in [-0.1, -0.05) is 6.92 Å². The molecule has 19 heavy (non-hydrogen) atoms. The Hall–Kier alpha value is -1.45. The van der Waals surface area contributed by atoms with E-state index in [0.717, 1.165) is 19.3 Å². The topological polar surface area (TPSA) is 89.2 Å². The van der Waals surface area contributed by atoms with Crippen molar-refractivity contribution in [3.05, 3.63) is 0 Å². The minimum absolute atomic E-state index is 0. The molecule has 0 bridgehead atoms. The predicted molar refractivity (Wildman–Crippen MR) is 79.7 cm³/mol. The zero-order valence-corrected chi connectivity index (χ0v) is 12.5. The van der Waals surface area contributed by atoms with Gasteiger partial charge >= 0.3 is 0 Å². The summed E-state index contributed by atoms with van der Waals surface area (Å²) in [6.07, 6.45) is 2.53. The number of guanidine groups is 2. The number of rotatable bonds is 4. The first kappa shape index (κ1) is 17.6. The monoisotopic (exact) mass is 287 g/mol. The first-order valence-corrected chi connectivity index (χ1v) is 6.05. The maximum atomic E-state index is 5.77. The van der Waals surface area contributed by atoms with Crippen LogP contribution in [-0.4, -0.2) is 29.3 Å². The van der Waals surface area contributed by atoms with Gasteiger partial charge in [-0.05, 0) is 20.3 Å². The van der Waals surface area contributed by atoms with Gasteiger partial charge in [-0.2, -0.15) is 10.1 Å². The molecule has 0 saturated carbocycles. The highest BCUT2D eigenvalue weighted by atomic mass is 35.5. The van der Waals surface area contributed by atoms with Gasteiger partial charge in [0.15, 0.2) is 5.66 Å². The third-order valence-corrected chi connectivity index (χ3v) is 2.29. The Labute approximate surface area is 120 Å². The van der Waals surface area contributed by atoms with Crippen LogP contribution in [0.4, 0.5) is 0 Å². The molecule has 0 aliphatic carbocycles. The molecular formula is C12H22ClN5O. The van der Waals surface area contributed by atoms with Crippen LogP contribution in [0.2, 0.25) is 0 Å². The van der Waals surface area contributed by atoms with Gasteiger partial charge in [-0.3, -0.25) is 4.84 Å². The molecule has 0 fully saturated rings. The van der Waals surface area contributed by atoms with Crippen molar-refractivity contribution in [1.29, 1.82) is 0 Å². The smallest absolute Gasteiger partial charge is 0.226 e. The van der Waals surface area contributed by atoms with Crippen molar-refractivity contribution in [3.63, 3.8) is 0 Å². The molecule has 0 amide bonds. The van der Waals surface area contributed by atoms with E-state index in [0.29, 0.717) is 6.61 Å². The lowest BCUT2D eigenvalue weighted by atomic mass is 10.2. The molecule has 0 aromatic carbocycles. The Morgan fingerprint density at radius 2 is 2.00 bits per heavy atom. The molecule has 1 aliphatic rings. The van der Waals surface area contributed by atoms with Crippen molar-refractivity contribution in [3.8, 4) is 11.8 Å². The summed E-state index contributed by atoms with van der Waals surface area (Å²) in [5.74, 6) is 6.47. The van der Waals surface area contributed by atoms with Crippen molar-refractivity contribution < 1.29 is 4.84 Å². The quantitative estimate of drug-likeness (QED) is 0.601. The van der Waals surface area contributed by atoms with Gasteiger partial charge in [-0.25, -0.2) is 4.99 Å². The molecule has 0 aromatic rings. The standard InChI is InChI=1S/C12H21N5O.ClH/c1-4-5-6-7-8-9-18-17-11(14)15-10(13)16-12(17,2)3;/h4,7-9H2,1-3H3,(H4,13,14,15,16);1H. The molecule has 0 aromatic heterocycles. The molecule has 1 heterocycles. The van der Waals surface area contributed by atoms with Gasteiger partial charge in [0.1, 0.15) is 0 Å². The molecule has 1 aliphatic heterocycles. The largest absolute Gasteiger partial charge is 0.368 e. The highest BCUT2D eigenvalue weighted by Crippen LogP contribution is 2.19. The number of hydroxylamine groups is 2. The van der Waals surface area contributed by atoms with Crippen LogP contribution in [0, 0.1) is 11.8 Å². The number of halogens is 1. The summed E-state index contributed by atoms with van der Waals surface area (Å²) in [7, 11) is 0. The molecule has 6 nitrogen and oxygen atoms in total. The Morgan fingerprint density at radius 1 is 1.32 bits per heavy atom. The van der Waals surface area contributed by atoms with Crippen molar-refractivity contribution in [2.75, 3.05) is 6.61 Å². The molecule has 4 N–H and O–H groups in total. The van der Waals surface area contributed by atoms with Crippen molar-refractivity contribution in [1.82, 2.24) is 5.06 Å². The lowest BCUT2D eigenvalue weighted by Gasteiger charge is -2.36. The van der Waals surface area contributed by atoms with Gasteiger partial charge in [-0.15, -0.1) is 24.2 Å². The normalized spacial score (nSPS) is 16.7. The second kappa shape index (κ2) is 7.87. The number of aliphatic imine (C=N–C) groups is 2. The van der Waals surface area contributed by atoms with Crippen molar-refractivity contribution in [2.45, 2.75) is 45.7 Å². The fourth-order valence-corrected chi connectivity index (χ4v) is 1.55. The van der Waals surface area contributed by atoms with E-state index >= 15 is 0 Å². The van der Waals surface area contributed by atoms with Crippen LogP contribution in [0.15, 0.2) is 9.98 Å². The van der Waals surface area contributed by atoms with Crippen molar-refractivity contribution >= 4 is 24.3 Å². The molecule has 0 saturated heterocycles. The lowest BCUT2D eigenvalue weighted by molar-refractivity contribution is -0.157.